The standard InChI is InChI=1S/C22H29N3O4.2H2/c1-27-20(28-2)14-23-21-19(13-12-17-10-6-7-11-18(17)24-21)25-22(26)29-15-16-8-4-3-5-9-16;;/h3-5,8-11,19-20H,6-7,12-15H2,1-2H3,(H,23,24)(H,25,26);2*1H/t19-;;/m1../s1. The van der Waals surface area contributed by atoms with Crippen molar-refractivity contribution >= 4 is 11.9 Å². The number of alkyl carbamates (subject to hydrolysis) is 1. The van der Waals surface area contributed by atoms with Gasteiger partial charge in [-0.2, -0.15) is 0 Å². The summed E-state index contributed by atoms with van der Waals surface area (Å²) in [7, 11) is 3.16. The molecular weight excluding hydrogens is 370 g/mol. The second-order valence-corrected chi connectivity index (χ2v) is 6.97. The highest BCUT2D eigenvalue weighted by Crippen LogP contribution is 2.25. The molecule has 1 aromatic carbocycles. The first kappa shape index (κ1) is 21.1. The molecule has 0 unspecified atom stereocenters. The van der Waals surface area contributed by atoms with Gasteiger partial charge in [-0.05, 0) is 36.8 Å². The van der Waals surface area contributed by atoms with E-state index >= 15 is 0 Å². The van der Waals surface area contributed by atoms with Gasteiger partial charge in [0.15, 0.2) is 6.29 Å². The SMILES string of the molecule is COC(CN=C1NC2=CCCC=C2CC[C@H]1NC(=O)OCc1ccccc1)OC.[HH].[HH]. The minimum Gasteiger partial charge on any atom is -0.445 e. The highest BCUT2D eigenvalue weighted by Gasteiger charge is 2.26. The van der Waals surface area contributed by atoms with Crippen molar-refractivity contribution in [2.45, 2.75) is 44.6 Å². The molecule has 1 aliphatic carbocycles. The molecule has 29 heavy (non-hydrogen) atoms. The van der Waals surface area contributed by atoms with E-state index in [0.29, 0.717) is 12.4 Å². The molecule has 1 heterocycles. The lowest BCUT2D eigenvalue weighted by Crippen LogP contribution is -2.46. The average Bonchev–Trinajstić information content (AvgIpc) is 2.93. The van der Waals surface area contributed by atoms with Gasteiger partial charge in [0.1, 0.15) is 12.4 Å². The summed E-state index contributed by atoms with van der Waals surface area (Å²) in [6.07, 6.45) is 7.17. The van der Waals surface area contributed by atoms with Crippen molar-refractivity contribution in [1.29, 1.82) is 0 Å². The molecule has 3 rings (SSSR count). The van der Waals surface area contributed by atoms with Crippen LogP contribution in [0.5, 0.6) is 0 Å². The molecule has 1 fully saturated rings. The summed E-state index contributed by atoms with van der Waals surface area (Å²) >= 11 is 0. The Bertz CT molecular complexity index is 780. The zero-order chi connectivity index (χ0) is 20.5. The number of carbonyl (C=O) groups excluding carboxylic acids is 1. The van der Waals surface area contributed by atoms with Gasteiger partial charge < -0.3 is 24.8 Å². The first-order valence-electron chi connectivity index (χ1n) is 9.93. The fraction of sp³-hybridized carbons (Fsp3) is 0.455. The second kappa shape index (κ2) is 10.8. The number of amides is 1. The van der Waals surface area contributed by atoms with Gasteiger partial charge in [0.2, 0.25) is 0 Å². The maximum Gasteiger partial charge on any atom is 0.408 e. The molecule has 0 radical (unpaired) electrons. The summed E-state index contributed by atoms with van der Waals surface area (Å²) in [5, 5.41) is 6.37. The van der Waals surface area contributed by atoms with Crippen molar-refractivity contribution in [3.63, 3.8) is 0 Å². The predicted molar refractivity (Wildman–Crippen MR) is 116 cm³/mol. The van der Waals surface area contributed by atoms with E-state index in [1.54, 1.807) is 14.2 Å². The van der Waals surface area contributed by atoms with Crippen LogP contribution in [-0.4, -0.2) is 45.0 Å². The molecule has 2 aliphatic rings. The van der Waals surface area contributed by atoms with E-state index in [9.17, 15) is 4.79 Å². The van der Waals surface area contributed by atoms with Gasteiger partial charge in [0.05, 0.1) is 12.6 Å². The van der Waals surface area contributed by atoms with Crippen LogP contribution < -0.4 is 10.6 Å². The van der Waals surface area contributed by atoms with Gasteiger partial charge in [-0.3, -0.25) is 4.99 Å². The summed E-state index contributed by atoms with van der Waals surface area (Å²) in [6.45, 7) is 0.559. The summed E-state index contributed by atoms with van der Waals surface area (Å²) < 4.78 is 15.9. The van der Waals surface area contributed by atoms with Crippen LogP contribution in [0.3, 0.4) is 0 Å². The van der Waals surface area contributed by atoms with Crippen LogP contribution in [-0.2, 0) is 20.8 Å². The zero-order valence-corrected chi connectivity index (χ0v) is 17.0. The van der Waals surface area contributed by atoms with Crippen LogP contribution in [0.25, 0.3) is 0 Å². The van der Waals surface area contributed by atoms with Crippen LogP contribution in [0.4, 0.5) is 4.79 Å². The molecule has 1 aliphatic heterocycles. The van der Waals surface area contributed by atoms with Crippen LogP contribution >= 0.6 is 0 Å². The van der Waals surface area contributed by atoms with Crippen LogP contribution in [0.1, 0.15) is 34.1 Å². The fourth-order valence-electron chi connectivity index (χ4n) is 3.37. The molecule has 1 atom stereocenters. The smallest absolute Gasteiger partial charge is 0.408 e. The maximum atomic E-state index is 12.4. The second-order valence-electron chi connectivity index (χ2n) is 6.97. The van der Waals surface area contributed by atoms with Crippen LogP contribution in [0, 0.1) is 0 Å². The van der Waals surface area contributed by atoms with E-state index in [2.05, 4.69) is 27.8 Å². The summed E-state index contributed by atoms with van der Waals surface area (Å²) in [5.41, 5.74) is 3.28. The van der Waals surface area contributed by atoms with Crippen molar-refractivity contribution in [2.24, 2.45) is 4.99 Å². The predicted octanol–water partition coefficient (Wildman–Crippen LogP) is 3.78. The molecule has 1 saturated heterocycles. The van der Waals surface area contributed by atoms with E-state index < -0.39 is 12.4 Å². The third kappa shape index (κ3) is 6.17. The molecule has 7 nitrogen and oxygen atoms in total. The van der Waals surface area contributed by atoms with Gasteiger partial charge in [-0.1, -0.05) is 42.5 Å². The number of methoxy groups -OCH3 is 2. The third-order valence-electron chi connectivity index (χ3n) is 4.99. The van der Waals surface area contributed by atoms with Gasteiger partial charge >= 0.3 is 6.09 Å². The number of aliphatic imine (C=N–C) groups is 1. The Morgan fingerprint density at radius 2 is 2.00 bits per heavy atom. The van der Waals surface area contributed by atoms with Gasteiger partial charge in [0.25, 0.3) is 0 Å². The normalized spacial score (nSPS) is 20.2. The van der Waals surface area contributed by atoms with Gasteiger partial charge in [-0.25, -0.2) is 4.79 Å². The Labute approximate surface area is 174 Å². The minimum atomic E-state index is -0.462. The maximum absolute atomic E-state index is 12.4. The highest BCUT2D eigenvalue weighted by molar-refractivity contribution is 5.92. The number of carbonyl (C=O) groups is 1. The molecule has 160 valence electrons. The lowest BCUT2D eigenvalue weighted by Gasteiger charge is -2.20. The molecule has 2 N–H and O–H groups in total. The Morgan fingerprint density at radius 3 is 2.76 bits per heavy atom. The van der Waals surface area contributed by atoms with Crippen molar-refractivity contribution < 1.29 is 21.9 Å². The largest absolute Gasteiger partial charge is 0.445 e. The molecule has 7 heteroatoms. The lowest BCUT2D eigenvalue weighted by molar-refractivity contribution is -0.0937. The van der Waals surface area contributed by atoms with Crippen molar-refractivity contribution in [3.8, 4) is 0 Å². The number of allylic oxidation sites excluding steroid dienone is 3. The molecular formula is C22H33N3O4. The Morgan fingerprint density at radius 1 is 1.24 bits per heavy atom. The Kier molecular flexibility index (Phi) is 7.84. The number of benzene rings is 1. The number of nitrogens with zero attached hydrogens (tertiary/aromatic N) is 1. The summed E-state index contributed by atoms with van der Waals surface area (Å²) in [4.78, 5) is 17.1. The number of hydrogen-bond donors (Lipinski definition) is 2. The van der Waals surface area contributed by atoms with Crippen molar-refractivity contribution in [2.75, 3.05) is 20.8 Å². The average molecular weight is 404 g/mol. The van der Waals surface area contributed by atoms with E-state index in [1.807, 2.05) is 30.3 Å². The number of fused-ring (bicyclic) bond motifs is 1. The summed E-state index contributed by atoms with van der Waals surface area (Å²) in [6, 6.07) is 9.34. The molecule has 0 saturated carbocycles. The van der Waals surface area contributed by atoms with E-state index in [0.717, 1.165) is 36.9 Å². The minimum absolute atomic E-state index is 0. The van der Waals surface area contributed by atoms with E-state index in [4.69, 9.17) is 14.2 Å². The third-order valence-corrected chi connectivity index (χ3v) is 4.99. The Balaban J connectivity index is 0.00000240. The van der Waals surface area contributed by atoms with Crippen LogP contribution in [0.2, 0.25) is 0 Å². The lowest BCUT2D eigenvalue weighted by atomic mass is 9.99. The quantitative estimate of drug-likeness (QED) is 0.677. The summed E-state index contributed by atoms with van der Waals surface area (Å²) in [5.74, 6) is 0.692. The zero-order valence-electron chi connectivity index (χ0n) is 17.0. The van der Waals surface area contributed by atoms with Gasteiger partial charge in [-0.15, -0.1) is 0 Å². The number of hydrogen-bond acceptors (Lipinski definition) is 5. The number of nitrogens with one attached hydrogen (secondary N) is 2. The fourth-order valence-corrected chi connectivity index (χ4v) is 3.37. The number of rotatable bonds is 7. The molecule has 1 aromatic rings. The van der Waals surface area contributed by atoms with Crippen LogP contribution in [0.15, 0.2) is 58.7 Å². The van der Waals surface area contributed by atoms with Crippen molar-refractivity contribution in [3.05, 3.63) is 59.3 Å². The molecule has 0 spiro atoms. The number of amidine groups is 1. The topological polar surface area (TPSA) is 81.2 Å². The first-order chi connectivity index (χ1) is 14.2. The van der Waals surface area contributed by atoms with Crippen molar-refractivity contribution in [1.82, 2.24) is 10.6 Å². The van der Waals surface area contributed by atoms with E-state index in [-0.39, 0.29) is 15.5 Å². The number of ether oxygens (including phenoxy) is 3. The molecule has 1 amide bonds. The molecule has 0 aromatic heterocycles. The monoisotopic (exact) mass is 403 g/mol. The first-order valence-corrected chi connectivity index (χ1v) is 9.93. The molecule has 0 bridgehead atoms. The van der Waals surface area contributed by atoms with Gasteiger partial charge in [0, 0.05) is 22.8 Å². The highest BCUT2D eigenvalue weighted by atomic mass is 16.7. The Hall–Kier alpha value is -2.64. The van der Waals surface area contributed by atoms with E-state index in [1.165, 1.54) is 5.57 Å².